The van der Waals surface area contributed by atoms with Gasteiger partial charge in [-0.15, -0.1) is 0 Å². The number of aromatic nitrogens is 2. The first-order valence-corrected chi connectivity index (χ1v) is 6.05. The normalized spacial score (nSPS) is 13.6. The zero-order valence-corrected chi connectivity index (χ0v) is 10.2. The SMILES string of the molecule is Cn1nc(-c2cccc3c2CCC3)cc1C(=O)O. The fourth-order valence-electron chi connectivity index (χ4n) is 2.66. The molecule has 1 aliphatic rings. The molecule has 18 heavy (non-hydrogen) atoms. The van der Waals surface area contributed by atoms with Crippen molar-refractivity contribution in [3.05, 3.63) is 41.1 Å². The number of hydrogen-bond acceptors (Lipinski definition) is 2. The largest absolute Gasteiger partial charge is 0.477 e. The summed E-state index contributed by atoms with van der Waals surface area (Å²) < 4.78 is 1.42. The zero-order chi connectivity index (χ0) is 12.7. The molecular formula is C14H14N2O2. The van der Waals surface area contributed by atoms with E-state index in [1.54, 1.807) is 13.1 Å². The number of fused-ring (bicyclic) bond motifs is 1. The average Bonchev–Trinajstić information content (AvgIpc) is 2.94. The monoisotopic (exact) mass is 242 g/mol. The van der Waals surface area contributed by atoms with E-state index in [0.29, 0.717) is 0 Å². The molecule has 0 amide bonds. The molecule has 0 unspecified atom stereocenters. The Labute approximate surface area is 105 Å². The van der Waals surface area contributed by atoms with Crippen LogP contribution in [0.2, 0.25) is 0 Å². The number of aromatic carboxylic acids is 1. The van der Waals surface area contributed by atoms with Crippen molar-refractivity contribution in [2.75, 3.05) is 0 Å². The Kier molecular flexibility index (Phi) is 2.44. The van der Waals surface area contributed by atoms with Crippen LogP contribution in [-0.2, 0) is 19.9 Å². The molecule has 0 atom stereocenters. The van der Waals surface area contributed by atoms with Gasteiger partial charge < -0.3 is 5.11 Å². The van der Waals surface area contributed by atoms with Crippen molar-refractivity contribution in [3.63, 3.8) is 0 Å². The van der Waals surface area contributed by atoms with Crippen molar-refractivity contribution in [1.29, 1.82) is 0 Å². The molecule has 2 aromatic rings. The lowest BCUT2D eigenvalue weighted by Gasteiger charge is -2.04. The molecule has 0 fully saturated rings. The summed E-state index contributed by atoms with van der Waals surface area (Å²) in [6, 6.07) is 7.84. The van der Waals surface area contributed by atoms with Crippen LogP contribution in [-0.4, -0.2) is 20.9 Å². The van der Waals surface area contributed by atoms with Gasteiger partial charge >= 0.3 is 5.97 Å². The number of aryl methyl sites for hydroxylation is 2. The van der Waals surface area contributed by atoms with Gasteiger partial charge in [0.2, 0.25) is 0 Å². The van der Waals surface area contributed by atoms with E-state index in [1.807, 2.05) is 12.1 Å². The van der Waals surface area contributed by atoms with E-state index in [1.165, 1.54) is 22.2 Å². The van der Waals surface area contributed by atoms with Gasteiger partial charge in [0.25, 0.3) is 0 Å². The van der Waals surface area contributed by atoms with Gasteiger partial charge in [-0.25, -0.2) is 4.79 Å². The van der Waals surface area contributed by atoms with Gasteiger partial charge in [0, 0.05) is 12.6 Å². The third kappa shape index (κ3) is 1.61. The molecule has 1 aliphatic carbocycles. The number of benzene rings is 1. The summed E-state index contributed by atoms with van der Waals surface area (Å²) in [4.78, 5) is 11.0. The minimum atomic E-state index is -0.941. The van der Waals surface area contributed by atoms with Gasteiger partial charge in [0.1, 0.15) is 5.69 Å². The Morgan fingerprint density at radius 3 is 2.94 bits per heavy atom. The van der Waals surface area contributed by atoms with Crippen LogP contribution in [0, 0.1) is 0 Å². The van der Waals surface area contributed by atoms with Crippen molar-refractivity contribution in [2.24, 2.45) is 7.05 Å². The van der Waals surface area contributed by atoms with Crippen LogP contribution in [0.25, 0.3) is 11.3 Å². The lowest BCUT2D eigenvalue weighted by molar-refractivity contribution is 0.0685. The number of carbonyl (C=O) groups is 1. The van der Waals surface area contributed by atoms with Crippen LogP contribution in [0.1, 0.15) is 28.0 Å². The van der Waals surface area contributed by atoms with Crippen LogP contribution in [0.15, 0.2) is 24.3 Å². The minimum absolute atomic E-state index is 0.223. The molecule has 3 rings (SSSR count). The predicted molar refractivity (Wildman–Crippen MR) is 67.6 cm³/mol. The van der Waals surface area contributed by atoms with Crippen molar-refractivity contribution in [1.82, 2.24) is 9.78 Å². The summed E-state index contributed by atoms with van der Waals surface area (Å²) in [7, 11) is 1.66. The van der Waals surface area contributed by atoms with Crippen molar-refractivity contribution >= 4 is 5.97 Å². The van der Waals surface area contributed by atoms with Gasteiger partial charge in [-0.1, -0.05) is 18.2 Å². The van der Waals surface area contributed by atoms with E-state index in [2.05, 4.69) is 11.2 Å². The Morgan fingerprint density at radius 2 is 2.22 bits per heavy atom. The van der Waals surface area contributed by atoms with Gasteiger partial charge in [0.05, 0.1) is 5.69 Å². The predicted octanol–water partition coefficient (Wildman–Crippen LogP) is 2.27. The third-order valence-electron chi connectivity index (χ3n) is 3.52. The van der Waals surface area contributed by atoms with Gasteiger partial charge in [-0.3, -0.25) is 4.68 Å². The molecule has 1 aromatic carbocycles. The second-order valence-electron chi connectivity index (χ2n) is 4.64. The smallest absolute Gasteiger partial charge is 0.354 e. The van der Waals surface area contributed by atoms with Crippen molar-refractivity contribution < 1.29 is 9.90 Å². The molecule has 1 heterocycles. The number of carboxylic acids is 1. The highest BCUT2D eigenvalue weighted by Gasteiger charge is 2.19. The first-order chi connectivity index (χ1) is 8.66. The van der Waals surface area contributed by atoms with Crippen LogP contribution < -0.4 is 0 Å². The fraction of sp³-hybridized carbons (Fsp3) is 0.286. The summed E-state index contributed by atoms with van der Waals surface area (Å²) >= 11 is 0. The summed E-state index contributed by atoms with van der Waals surface area (Å²) in [6.07, 6.45) is 3.34. The standard InChI is InChI=1S/C14H14N2O2/c1-16-13(14(17)18)8-12(15-16)11-7-3-5-9-4-2-6-10(9)11/h3,5,7-8H,2,4,6H2,1H3,(H,17,18). The Balaban J connectivity index is 2.13. The fourth-order valence-corrected chi connectivity index (χ4v) is 2.66. The third-order valence-corrected chi connectivity index (χ3v) is 3.52. The quantitative estimate of drug-likeness (QED) is 0.879. The topological polar surface area (TPSA) is 55.1 Å². The highest BCUT2D eigenvalue weighted by molar-refractivity contribution is 5.87. The van der Waals surface area contributed by atoms with E-state index in [0.717, 1.165) is 24.1 Å². The maximum Gasteiger partial charge on any atom is 0.354 e. The molecule has 0 radical (unpaired) electrons. The van der Waals surface area contributed by atoms with E-state index < -0.39 is 5.97 Å². The molecule has 4 heteroatoms. The van der Waals surface area contributed by atoms with Crippen LogP contribution in [0.3, 0.4) is 0 Å². The first-order valence-electron chi connectivity index (χ1n) is 6.05. The molecule has 0 saturated carbocycles. The molecule has 1 aromatic heterocycles. The number of rotatable bonds is 2. The van der Waals surface area contributed by atoms with Gasteiger partial charge in [-0.05, 0) is 36.5 Å². The van der Waals surface area contributed by atoms with E-state index >= 15 is 0 Å². The second kappa shape index (κ2) is 3.98. The van der Waals surface area contributed by atoms with E-state index in [-0.39, 0.29) is 5.69 Å². The maximum atomic E-state index is 11.0. The molecule has 4 nitrogen and oxygen atoms in total. The molecule has 1 N–H and O–H groups in total. The molecule has 0 saturated heterocycles. The Morgan fingerprint density at radius 1 is 1.39 bits per heavy atom. The molecule has 0 bridgehead atoms. The Hall–Kier alpha value is -2.10. The molecule has 0 aliphatic heterocycles. The van der Waals surface area contributed by atoms with Crippen LogP contribution in [0.4, 0.5) is 0 Å². The molecular weight excluding hydrogens is 228 g/mol. The van der Waals surface area contributed by atoms with Crippen molar-refractivity contribution in [2.45, 2.75) is 19.3 Å². The summed E-state index contributed by atoms with van der Waals surface area (Å²) in [5.74, 6) is -0.941. The summed E-state index contributed by atoms with van der Waals surface area (Å²) in [6.45, 7) is 0. The maximum absolute atomic E-state index is 11.0. The van der Waals surface area contributed by atoms with Gasteiger partial charge in [0.15, 0.2) is 0 Å². The highest BCUT2D eigenvalue weighted by atomic mass is 16.4. The zero-order valence-electron chi connectivity index (χ0n) is 10.2. The molecule has 0 spiro atoms. The van der Waals surface area contributed by atoms with Crippen LogP contribution >= 0.6 is 0 Å². The molecule has 92 valence electrons. The summed E-state index contributed by atoms with van der Waals surface area (Å²) in [5, 5.41) is 13.4. The van der Waals surface area contributed by atoms with E-state index in [9.17, 15) is 4.79 Å². The first kappa shape index (κ1) is 11.0. The number of nitrogens with zero attached hydrogens (tertiary/aromatic N) is 2. The average molecular weight is 242 g/mol. The minimum Gasteiger partial charge on any atom is -0.477 e. The highest BCUT2D eigenvalue weighted by Crippen LogP contribution is 2.31. The lowest BCUT2D eigenvalue weighted by Crippen LogP contribution is -2.04. The second-order valence-corrected chi connectivity index (χ2v) is 4.64. The van der Waals surface area contributed by atoms with E-state index in [4.69, 9.17) is 5.11 Å². The van der Waals surface area contributed by atoms with Crippen molar-refractivity contribution in [3.8, 4) is 11.3 Å². The van der Waals surface area contributed by atoms with Gasteiger partial charge in [-0.2, -0.15) is 5.10 Å². The Bertz CT molecular complexity index is 629. The number of carboxylic acid groups (broad SMARTS) is 1. The summed E-state index contributed by atoms with van der Waals surface area (Å²) in [5.41, 5.74) is 4.75. The number of hydrogen-bond donors (Lipinski definition) is 1. The van der Waals surface area contributed by atoms with Crippen LogP contribution in [0.5, 0.6) is 0 Å². The lowest BCUT2D eigenvalue weighted by atomic mass is 10.0.